The van der Waals surface area contributed by atoms with Gasteiger partial charge in [0.2, 0.25) is 5.91 Å². The Labute approximate surface area is 125 Å². The molecule has 0 bridgehead atoms. The Balaban J connectivity index is 1.92. The first kappa shape index (κ1) is 15.4. The van der Waals surface area contributed by atoms with Gasteiger partial charge in [-0.2, -0.15) is 0 Å². The summed E-state index contributed by atoms with van der Waals surface area (Å²) in [6.07, 6.45) is 4.15. The molecule has 114 valence electrons. The molecule has 0 aliphatic carbocycles. The maximum absolute atomic E-state index is 12.4. The van der Waals surface area contributed by atoms with Crippen LogP contribution in [-0.4, -0.2) is 78.3 Å². The summed E-state index contributed by atoms with van der Waals surface area (Å²) in [6.45, 7) is 3.38. The van der Waals surface area contributed by atoms with E-state index in [1.807, 2.05) is 4.90 Å². The zero-order chi connectivity index (χ0) is 15.2. The topological polar surface area (TPSA) is 56.8 Å². The van der Waals surface area contributed by atoms with Gasteiger partial charge in [-0.15, -0.1) is 0 Å². The fourth-order valence-electron chi connectivity index (χ4n) is 2.34. The van der Waals surface area contributed by atoms with Gasteiger partial charge in [-0.25, -0.2) is 0 Å². The Morgan fingerprint density at radius 2 is 1.86 bits per heavy atom. The van der Waals surface area contributed by atoms with Crippen LogP contribution in [-0.2, 0) is 4.79 Å². The standard InChI is InChI=1S/C15H22N4O2/c1-17(2)14(20)12-18-8-3-9-19(11-10-18)15(21)13-4-6-16-7-5-13/h4-7H,3,8-12H2,1-2H3. The second kappa shape index (κ2) is 7.17. The average molecular weight is 290 g/mol. The highest BCUT2D eigenvalue weighted by molar-refractivity contribution is 5.94. The summed E-state index contributed by atoms with van der Waals surface area (Å²) in [6, 6.07) is 3.47. The maximum atomic E-state index is 12.4. The molecule has 2 rings (SSSR count). The second-order valence-corrected chi connectivity index (χ2v) is 5.45. The number of hydrogen-bond donors (Lipinski definition) is 0. The number of rotatable bonds is 3. The Morgan fingerprint density at radius 3 is 2.52 bits per heavy atom. The van der Waals surface area contributed by atoms with Crippen LogP contribution in [0.2, 0.25) is 0 Å². The number of nitrogens with zero attached hydrogens (tertiary/aromatic N) is 4. The third kappa shape index (κ3) is 4.26. The van der Waals surface area contributed by atoms with E-state index in [0.717, 1.165) is 26.1 Å². The Hall–Kier alpha value is -1.95. The van der Waals surface area contributed by atoms with Gasteiger partial charge in [0.1, 0.15) is 0 Å². The van der Waals surface area contributed by atoms with E-state index < -0.39 is 0 Å². The molecule has 6 nitrogen and oxygen atoms in total. The molecule has 1 fully saturated rings. The summed E-state index contributed by atoms with van der Waals surface area (Å²) in [5.41, 5.74) is 0.669. The minimum absolute atomic E-state index is 0.0400. The molecule has 0 N–H and O–H groups in total. The van der Waals surface area contributed by atoms with Crippen molar-refractivity contribution >= 4 is 11.8 Å². The summed E-state index contributed by atoms with van der Waals surface area (Å²) in [5, 5.41) is 0. The largest absolute Gasteiger partial charge is 0.348 e. The molecular weight excluding hydrogens is 268 g/mol. The van der Waals surface area contributed by atoms with Crippen LogP contribution < -0.4 is 0 Å². The fourth-order valence-corrected chi connectivity index (χ4v) is 2.34. The van der Waals surface area contributed by atoms with Crippen LogP contribution in [0.1, 0.15) is 16.8 Å². The van der Waals surface area contributed by atoms with Gasteiger partial charge in [0, 0.05) is 58.2 Å². The van der Waals surface area contributed by atoms with Crippen molar-refractivity contribution in [2.75, 3.05) is 46.8 Å². The summed E-state index contributed by atoms with van der Waals surface area (Å²) in [5.74, 6) is 0.141. The lowest BCUT2D eigenvalue weighted by Crippen LogP contribution is -2.39. The van der Waals surface area contributed by atoms with Gasteiger partial charge >= 0.3 is 0 Å². The average Bonchev–Trinajstić information content (AvgIpc) is 2.73. The van der Waals surface area contributed by atoms with Crippen LogP contribution in [0.3, 0.4) is 0 Å². The van der Waals surface area contributed by atoms with Crippen molar-refractivity contribution in [1.29, 1.82) is 0 Å². The molecule has 0 radical (unpaired) electrons. The highest BCUT2D eigenvalue weighted by Crippen LogP contribution is 2.08. The summed E-state index contributed by atoms with van der Waals surface area (Å²) < 4.78 is 0. The molecule has 1 saturated heterocycles. The SMILES string of the molecule is CN(C)C(=O)CN1CCCN(C(=O)c2ccncc2)CC1. The van der Waals surface area contributed by atoms with Crippen molar-refractivity contribution in [2.45, 2.75) is 6.42 Å². The molecule has 2 heterocycles. The van der Waals surface area contributed by atoms with Crippen LogP contribution in [0, 0.1) is 0 Å². The molecule has 21 heavy (non-hydrogen) atoms. The zero-order valence-electron chi connectivity index (χ0n) is 12.7. The second-order valence-electron chi connectivity index (χ2n) is 5.45. The van der Waals surface area contributed by atoms with Gasteiger partial charge in [0.05, 0.1) is 6.54 Å². The predicted molar refractivity (Wildman–Crippen MR) is 79.9 cm³/mol. The lowest BCUT2D eigenvalue weighted by Gasteiger charge is -2.22. The molecular formula is C15H22N4O2. The van der Waals surface area contributed by atoms with E-state index in [1.165, 1.54) is 0 Å². The normalized spacial score (nSPS) is 16.4. The molecule has 0 spiro atoms. The number of hydrogen-bond acceptors (Lipinski definition) is 4. The molecule has 0 aromatic carbocycles. The van der Waals surface area contributed by atoms with Gasteiger partial charge < -0.3 is 9.80 Å². The Kier molecular flexibility index (Phi) is 5.27. The number of amides is 2. The van der Waals surface area contributed by atoms with Crippen LogP contribution in [0.15, 0.2) is 24.5 Å². The van der Waals surface area contributed by atoms with Gasteiger partial charge in [-0.1, -0.05) is 0 Å². The Bertz CT molecular complexity index is 490. The number of likely N-dealkylation sites (N-methyl/N-ethyl adjacent to an activating group) is 1. The van der Waals surface area contributed by atoms with Gasteiger partial charge in [-0.3, -0.25) is 19.5 Å². The van der Waals surface area contributed by atoms with E-state index in [1.54, 1.807) is 43.5 Å². The van der Waals surface area contributed by atoms with E-state index in [0.29, 0.717) is 18.7 Å². The predicted octanol–water partition coefficient (Wildman–Crippen LogP) is 0.318. The molecule has 1 aromatic rings. The third-order valence-corrected chi connectivity index (χ3v) is 3.66. The van der Waals surface area contributed by atoms with E-state index in [9.17, 15) is 9.59 Å². The van der Waals surface area contributed by atoms with Gasteiger partial charge in [-0.05, 0) is 18.6 Å². The lowest BCUT2D eigenvalue weighted by molar-refractivity contribution is -0.129. The van der Waals surface area contributed by atoms with Crippen molar-refractivity contribution < 1.29 is 9.59 Å². The first-order valence-corrected chi connectivity index (χ1v) is 7.19. The Morgan fingerprint density at radius 1 is 1.14 bits per heavy atom. The van der Waals surface area contributed by atoms with Crippen LogP contribution >= 0.6 is 0 Å². The minimum atomic E-state index is 0.0400. The van der Waals surface area contributed by atoms with Crippen LogP contribution in [0.5, 0.6) is 0 Å². The van der Waals surface area contributed by atoms with Gasteiger partial charge in [0.25, 0.3) is 5.91 Å². The quantitative estimate of drug-likeness (QED) is 0.804. The molecule has 1 aliphatic rings. The smallest absolute Gasteiger partial charge is 0.254 e. The fraction of sp³-hybridized carbons (Fsp3) is 0.533. The molecule has 2 amide bonds. The molecule has 1 aliphatic heterocycles. The van der Waals surface area contributed by atoms with Crippen LogP contribution in [0.25, 0.3) is 0 Å². The minimum Gasteiger partial charge on any atom is -0.348 e. The summed E-state index contributed by atoms with van der Waals surface area (Å²) in [7, 11) is 3.53. The van der Waals surface area contributed by atoms with E-state index in [-0.39, 0.29) is 11.8 Å². The van der Waals surface area contributed by atoms with E-state index in [2.05, 4.69) is 9.88 Å². The lowest BCUT2D eigenvalue weighted by atomic mass is 10.2. The molecule has 1 aromatic heterocycles. The van der Waals surface area contributed by atoms with Crippen molar-refractivity contribution in [3.05, 3.63) is 30.1 Å². The van der Waals surface area contributed by atoms with Crippen molar-refractivity contribution in [3.63, 3.8) is 0 Å². The molecule has 0 saturated carbocycles. The maximum Gasteiger partial charge on any atom is 0.254 e. The first-order chi connectivity index (χ1) is 10.1. The number of carbonyl (C=O) groups excluding carboxylic acids is 2. The highest BCUT2D eigenvalue weighted by atomic mass is 16.2. The molecule has 6 heteroatoms. The molecule has 0 unspecified atom stereocenters. The van der Waals surface area contributed by atoms with Gasteiger partial charge in [0.15, 0.2) is 0 Å². The van der Waals surface area contributed by atoms with Crippen molar-refractivity contribution in [1.82, 2.24) is 19.7 Å². The van der Waals surface area contributed by atoms with Crippen LogP contribution in [0.4, 0.5) is 0 Å². The number of carbonyl (C=O) groups is 2. The summed E-state index contributed by atoms with van der Waals surface area (Å²) >= 11 is 0. The van der Waals surface area contributed by atoms with E-state index >= 15 is 0 Å². The monoisotopic (exact) mass is 290 g/mol. The molecule has 0 atom stereocenters. The zero-order valence-corrected chi connectivity index (χ0v) is 12.7. The van der Waals surface area contributed by atoms with Crippen molar-refractivity contribution in [3.8, 4) is 0 Å². The first-order valence-electron chi connectivity index (χ1n) is 7.19. The highest BCUT2D eigenvalue weighted by Gasteiger charge is 2.21. The number of pyridine rings is 1. The third-order valence-electron chi connectivity index (χ3n) is 3.66. The van der Waals surface area contributed by atoms with E-state index in [4.69, 9.17) is 0 Å². The number of aromatic nitrogens is 1. The summed E-state index contributed by atoms with van der Waals surface area (Å²) in [4.78, 5) is 33.7. The van der Waals surface area contributed by atoms with Crippen molar-refractivity contribution in [2.24, 2.45) is 0 Å².